The molecule has 0 bridgehead atoms. The summed E-state index contributed by atoms with van der Waals surface area (Å²) in [6.07, 6.45) is 1.50. The summed E-state index contributed by atoms with van der Waals surface area (Å²) in [5, 5.41) is 6.11. The highest BCUT2D eigenvalue weighted by molar-refractivity contribution is 8.18. The molecule has 1 atom stereocenters. The van der Waals surface area contributed by atoms with Gasteiger partial charge in [0.05, 0.1) is 16.5 Å². The van der Waals surface area contributed by atoms with E-state index < -0.39 is 23.7 Å². The molecule has 1 aromatic heterocycles. The van der Waals surface area contributed by atoms with Crippen LogP contribution in [-0.2, 0) is 9.59 Å². The van der Waals surface area contributed by atoms with E-state index in [1.54, 1.807) is 20.8 Å². The van der Waals surface area contributed by atoms with Crippen molar-refractivity contribution in [1.82, 2.24) is 15.4 Å². The van der Waals surface area contributed by atoms with Crippen LogP contribution in [0.3, 0.4) is 0 Å². The lowest BCUT2D eigenvalue weighted by Gasteiger charge is -2.15. The first kappa shape index (κ1) is 23.5. The summed E-state index contributed by atoms with van der Waals surface area (Å²) in [5.41, 5.74) is 1.90. The molecule has 1 fully saturated rings. The van der Waals surface area contributed by atoms with Gasteiger partial charge < -0.3 is 14.6 Å². The van der Waals surface area contributed by atoms with E-state index >= 15 is 0 Å². The van der Waals surface area contributed by atoms with Crippen LogP contribution in [-0.4, -0.2) is 46.8 Å². The highest BCUT2D eigenvalue weighted by Crippen LogP contribution is 2.32. The van der Waals surface area contributed by atoms with Crippen LogP contribution in [0.5, 0.6) is 5.75 Å². The molecule has 0 aliphatic carbocycles. The van der Waals surface area contributed by atoms with E-state index in [-0.39, 0.29) is 29.7 Å². The highest BCUT2D eigenvalue weighted by atomic mass is 32.2. The van der Waals surface area contributed by atoms with Gasteiger partial charge in [0.1, 0.15) is 11.5 Å². The van der Waals surface area contributed by atoms with Crippen LogP contribution in [0.1, 0.15) is 35.4 Å². The van der Waals surface area contributed by atoms with Gasteiger partial charge in [-0.05, 0) is 56.3 Å². The van der Waals surface area contributed by atoms with E-state index in [9.17, 15) is 23.2 Å². The molecule has 1 aromatic carbocycles. The summed E-state index contributed by atoms with van der Waals surface area (Å²) in [6, 6.07) is 5.69. The van der Waals surface area contributed by atoms with Crippen LogP contribution in [0, 0.1) is 13.8 Å². The van der Waals surface area contributed by atoms with Gasteiger partial charge in [0.15, 0.2) is 0 Å². The maximum Gasteiger partial charge on any atom is 0.387 e. The average molecular weight is 465 g/mol. The topological polar surface area (TPSA) is 102 Å². The van der Waals surface area contributed by atoms with Gasteiger partial charge in [0.25, 0.3) is 11.1 Å². The number of carbonyl (C=O) groups is 3. The lowest BCUT2D eigenvalue weighted by Crippen LogP contribution is -2.38. The normalized spacial score (nSPS) is 16.2. The van der Waals surface area contributed by atoms with Gasteiger partial charge in [-0.25, -0.2) is 0 Å². The van der Waals surface area contributed by atoms with Crippen molar-refractivity contribution in [3.63, 3.8) is 0 Å². The van der Waals surface area contributed by atoms with Gasteiger partial charge in [-0.3, -0.25) is 19.3 Å². The number of imide groups is 1. The molecule has 1 saturated heterocycles. The minimum atomic E-state index is -2.93. The Labute approximate surface area is 186 Å². The van der Waals surface area contributed by atoms with Gasteiger partial charge in [-0.2, -0.15) is 8.78 Å². The van der Waals surface area contributed by atoms with Crippen molar-refractivity contribution in [2.75, 3.05) is 13.1 Å². The molecule has 1 N–H and O–H groups in total. The number of halogens is 2. The zero-order valence-electron chi connectivity index (χ0n) is 17.6. The number of aryl methyl sites for hydroxylation is 2. The van der Waals surface area contributed by atoms with Crippen molar-refractivity contribution in [1.29, 1.82) is 0 Å². The monoisotopic (exact) mass is 465 g/mol. The number of hydrogen-bond donors (Lipinski definition) is 1. The minimum Gasteiger partial charge on any atom is -0.435 e. The molecular formula is C21H21F2N3O5S. The molecule has 2 heterocycles. The SMILES string of the molecule is Cc1noc(C)c1C(C)C(=O)NCCN1C(=O)S/C(=C/c2ccc(OC(F)F)cc2)C1=O. The number of benzene rings is 1. The number of amides is 3. The Morgan fingerprint density at radius 3 is 2.56 bits per heavy atom. The van der Waals surface area contributed by atoms with Crippen molar-refractivity contribution in [3.8, 4) is 5.75 Å². The Kier molecular flexibility index (Phi) is 7.29. The molecule has 2 aromatic rings. The average Bonchev–Trinajstić information content (AvgIpc) is 3.21. The maximum atomic E-state index is 12.6. The maximum absolute atomic E-state index is 12.6. The summed E-state index contributed by atoms with van der Waals surface area (Å²) < 4.78 is 33.8. The van der Waals surface area contributed by atoms with Crippen molar-refractivity contribution in [2.45, 2.75) is 33.3 Å². The Morgan fingerprint density at radius 2 is 1.97 bits per heavy atom. The number of nitrogens with zero attached hydrogens (tertiary/aromatic N) is 2. The third-order valence-electron chi connectivity index (χ3n) is 4.83. The minimum absolute atomic E-state index is 0.00758. The first-order chi connectivity index (χ1) is 15.2. The predicted molar refractivity (Wildman–Crippen MR) is 113 cm³/mol. The number of nitrogens with one attached hydrogen (secondary N) is 1. The van der Waals surface area contributed by atoms with E-state index in [4.69, 9.17) is 4.52 Å². The third kappa shape index (κ3) is 5.34. The smallest absolute Gasteiger partial charge is 0.387 e. The zero-order valence-corrected chi connectivity index (χ0v) is 18.4. The van der Waals surface area contributed by atoms with Crippen LogP contribution in [0.4, 0.5) is 13.6 Å². The molecule has 11 heteroatoms. The number of thioether (sulfide) groups is 1. The van der Waals surface area contributed by atoms with Crippen molar-refractivity contribution in [3.05, 3.63) is 51.8 Å². The van der Waals surface area contributed by atoms with Crippen LogP contribution in [0.2, 0.25) is 0 Å². The second kappa shape index (κ2) is 9.94. The summed E-state index contributed by atoms with van der Waals surface area (Å²) in [7, 11) is 0. The Morgan fingerprint density at radius 1 is 1.28 bits per heavy atom. The molecule has 0 saturated carbocycles. The van der Waals surface area contributed by atoms with E-state index in [0.717, 1.165) is 16.7 Å². The Bertz CT molecular complexity index is 1030. The van der Waals surface area contributed by atoms with Crippen LogP contribution < -0.4 is 10.1 Å². The quantitative estimate of drug-likeness (QED) is 0.591. The fourth-order valence-electron chi connectivity index (χ4n) is 3.27. The second-order valence-electron chi connectivity index (χ2n) is 7.03. The fraction of sp³-hybridized carbons (Fsp3) is 0.333. The summed E-state index contributed by atoms with van der Waals surface area (Å²) >= 11 is 0.772. The Hall–Kier alpha value is -3.21. The summed E-state index contributed by atoms with van der Waals surface area (Å²) in [5.74, 6) is -0.691. The van der Waals surface area contributed by atoms with Crippen LogP contribution in [0.15, 0.2) is 33.7 Å². The van der Waals surface area contributed by atoms with Gasteiger partial charge in [0.2, 0.25) is 5.91 Å². The third-order valence-corrected chi connectivity index (χ3v) is 5.73. The van der Waals surface area contributed by atoms with Gasteiger partial charge >= 0.3 is 6.61 Å². The zero-order chi connectivity index (χ0) is 23.4. The molecule has 0 spiro atoms. The van der Waals surface area contributed by atoms with Crippen molar-refractivity contribution in [2.24, 2.45) is 0 Å². The lowest BCUT2D eigenvalue weighted by molar-refractivity contribution is -0.124. The standard InChI is InChI=1S/C21H21F2N3O5S/c1-11(17-12(2)25-31-13(17)3)18(27)24-8-9-26-19(28)16(32-21(26)29)10-14-4-6-15(7-5-14)30-20(22)23/h4-7,10-11,20H,8-9H2,1-3H3,(H,24,27)/b16-10+. The number of alkyl halides is 2. The number of hydrogen-bond acceptors (Lipinski definition) is 7. The number of carbonyl (C=O) groups excluding carboxylic acids is 3. The van der Waals surface area contributed by atoms with Crippen LogP contribution >= 0.6 is 11.8 Å². The lowest BCUT2D eigenvalue weighted by atomic mass is 9.99. The first-order valence-electron chi connectivity index (χ1n) is 9.68. The van der Waals surface area contributed by atoms with Crippen molar-refractivity contribution >= 4 is 34.9 Å². The summed E-state index contributed by atoms with van der Waals surface area (Å²) in [4.78, 5) is 38.5. The van der Waals surface area contributed by atoms with Crippen molar-refractivity contribution < 1.29 is 32.4 Å². The molecule has 1 unspecified atom stereocenters. The molecule has 170 valence electrons. The number of rotatable bonds is 8. The molecule has 8 nitrogen and oxygen atoms in total. The summed E-state index contributed by atoms with van der Waals surface area (Å²) in [6.45, 7) is 2.39. The van der Waals surface area contributed by atoms with Gasteiger partial charge in [0, 0.05) is 18.7 Å². The fourth-order valence-corrected chi connectivity index (χ4v) is 4.14. The first-order valence-corrected chi connectivity index (χ1v) is 10.5. The number of aromatic nitrogens is 1. The molecule has 1 aliphatic rings. The van der Waals surface area contributed by atoms with E-state index in [1.165, 1.54) is 30.3 Å². The molecular weight excluding hydrogens is 444 g/mol. The largest absolute Gasteiger partial charge is 0.435 e. The molecule has 3 rings (SSSR count). The van der Waals surface area contributed by atoms with Crippen LogP contribution in [0.25, 0.3) is 6.08 Å². The second-order valence-corrected chi connectivity index (χ2v) is 8.02. The Balaban J connectivity index is 1.57. The van der Waals surface area contributed by atoms with E-state index in [2.05, 4.69) is 15.2 Å². The molecule has 0 radical (unpaired) electrons. The predicted octanol–water partition coefficient (Wildman–Crippen LogP) is 3.85. The van der Waals surface area contributed by atoms with E-state index in [0.29, 0.717) is 22.6 Å². The highest BCUT2D eigenvalue weighted by Gasteiger charge is 2.34. The molecule has 32 heavy (non-hydrogen) atoms. The van der Waals surface area contributed by atoms with Gasteiger partial charge in [-0.15, -0.1) is 0 Å². The van der Waals surface area contributed by atoms with Gasteiger partial charge in [-0.1, -0.05) is 17.3 Å². The number of ether oxygens (including phenoxy) is 1. The molecule has 1 aliphatic heterocycles. The van der Waals surface area contributed by atoms with E-state index in [1.807, 2.05) is 0 Å². The molecule has 3 amide bonds.